The first-order chi connectivity index (χ1) is 16.5. The predicted octanol–water partition coefficient (Wildman–Crippen LogP) is 3.86. The first kappa shape index (κ1) is 23.8. The van der Waals surface area contributed by atoms with Crippen LogP contribution in [-0.4, -0.2) is 44.9 Å². The highest BCUT2D eigenvalue weighted by Gasteiger charge is 2.26. The van der Waals surface area contributed by atoms with E-state index in [1.165, 1.54) is 4.31 Å². The van der Waals surface area contributed by atoms with Crippen molar-refractivity contribution in [2.45, 2.75) is 24.3 Å². The van der Waals surface area contributed by atoms with Gasteiger partial charge in [-0.25, -0.2) is 8.42 Å². The number of rotatable bonds is 10. The van der Waals surface area contributed by atoms with Crippen molar-refractivity contribution in [1.29, 1.82) is 0 Å². The minimum absolute atomic E-state index is 0.221. The molecule has 1 fully saturated rings. The number of hydrogen-bond acceptors (Lipinski definition) is 5. The van der Waals surface area contributed by atoms with E-state index in [4.69, 9.17) is 9.47 Å². The summed E-state index contributed by atoms with van der Waals surface area (Å²) in [6.45, 7) is 2.14. The highest BCUT2D eigenvalue weighted by Crippen LogP contribution is 2.23. The van der Waals surface area contributed by atoms with Crippen molar-refractivity contribution >= 4 is 15.9 Å². The molecule has 3 aromatic rings. The van der Waals surface area contributed by atoms with Gasteiger partial charge in [0, 0.05) is 18.7 Å². The Bertz CT molecular complexity index is 1190. The van der Waals surface area contributed by atoms with Gasteiger partial charge < -0.3 is 14.8 Å². The van der Waals surface area contributed by atoms with E-state index >= 15 is 0 Å². The highest BCUT2D eigenvalue weighted by atomic mass is 32.2. The maximum absolute atomic E-state index is 12.6. The standard InChI is InChI=1S/C26H28N2O5S/c29-26(22-9-6-10-24(19-22)33-20-21-7-2-1-3-8-21)27-15-18-32-23-11-13-25(14-12-23)34(30,31)28-16-4-5-17-28/h1-3,6-14,19H,4-5,15-18,20H2,(H,27,29). The van der Waals surface area contributed by atoms with Crippen LogP contribution < -0.4 is 14.8 Å². The van der Waals surface area contributed by atoms with Gasteiger partial charge in [0.05, 0.1) is 11.4 Å². The lowest BCUT2D eigenvalue weighted by Gasteiger charge is -2.15. The minimum Gasteiger partial charge on any atom is -0.492 e. The number of sulfonamides is 1. The van der Waals surface area contributed by atoms with Crippen LogP contribution in [0.5, 0.6) is 11.5 Å². The average molecular weight is 481 g/mol. The molecular weight excluding hydrogens is 452 g/mol. The van der Waals surface area contributed by atoms with E-state index in [0.29, 0.717) is 43.3 Å². The first-order valence-corrected chi connectivity index (χ1v) is 12.7. The van der Waals surface area contributed by atoms with Gasteiger partial charge in [-0.15, -0.1) is 0 Å². The van der Waals surface area contributed by atoms with Gasteiger partial charge in [0.2, 0.25) is 10.0 Å². The minimum atomic E-state index is -3.44. The Kier molecular flexibility index (Phi) is 7.82. The molecule has 0 spiro atoms. The molecule has 0 aromatic heterocycles. The van der Waals surface area contributed by atoms with Crippen LogP contribution >= 0.6 is 0 Å². The van der Waals surface area contributed by atoms with Crippen molar-refractivity contribution < 1.29 is 22.7 Å². The molecular formula is C26H28N2O5S. The van der Waals surface area contributed by atoms with Gasteiger partial charge in [0.15, 0.2) is 0 Å². The molecule has 7 nitrogen and oxygen atoms in total. The molecule has 1 heterocycles. The number of nitrogens with one attached hydrogen (secondary N) is 1. The highest BCUT2D eigenvalue weighted by molar-refractivity contribution is 7.89. The van der Waals surface area contributed by atoms with Crippen molar-refractivity contribution in [2.75, 3.05) is 26.2 Å². The lowest BCUT2D eigenvalue weighted by molar-refractivity contribution is 0.0946. The summed E-state index contributed by atoms with van der Waals surface area (Å²) in [5, 5.41) is 2.82. The van der Waals surface area contributed by atoms with E-state index in [-0.39, 0.29) is 17.4 Å². The molecule has 1 aliphatic heterocycles. The summed E-state index contributed by atoms with van der Waals surface area (Å²) < 4.78 is 38.1. The van der Waals surface area contributed by atoms with Gasteiger partial charge in [-0.2, -0.15) is 4.31 Å². The molecule has 0 bridgehead atoms. The van der Waals surface area contributed by atoms with Gasteiger partial charge in [0.25, 0.3) is 5.91 Å². The summed E-state index contributed by atoms with van der Waals surface area (Å²) in [6.07, 6.45) is 1.80. The fraction of sp³-hybridized carbons (Fsp3) is 0.269. The summed E-state index contributed by atoms with van der Waals surface area (Å²) in [7, 11) is -3.44. The molecule has 0 unspecified atom stereocenters. The van der Waals surface area contributed by atoms with Crippen LogP contribution in [0.1, 0.15) is 28.8 Å². The van der Waals surface area contributed by atoms with Crippen molar-refractivity contribution in [1.82, 2.24) is 9.62 Å². The number of carbonyl (C=O) groups excluding carboxylic acids is 1. The second-order valence-corrected chi connectivity index (χ2v) is 9.93. The molecule has 1 aliphatic rings. The second-order valence-electron chi connectivity index (χ2n) is 7.99. The lowest BCUT2D eigenvalue weighted by Crippen LogP contribution is -2.28. The predicted molar refractivity (Wildman–Crippen MR) is 129 cm³/mol. The van der Waals surface area contributed by atoms with E-state index in [1.54, 1.807) is 42.5 Å². The molecule has 1 saturated heterocycles. The second kappa shape index (κ2) is 11.2. The Labute approximate surface area is 200 Å². The summed E-state index contributed by atoms with van der Waals surface area (Å²) in [4.78, 5) is 12.7. The van der Waals surface area contributed by atoms with Gasteiger partial charge in [-0.3, -0.25) is 4.79 Å². The van der Waals surface area contributed by atoms with Crippen LogP contribution in [0.2, 0.25) is 0 Å². The summed E-state index contributed by atoms with van der Waals surface area (Å²) in [5.74, 6) is 0.948. The number of amides is 1. The largest absolute Gasteiger partial charge is 0.492 e. The molecule has 178 valence electrons. The summed E-state index contributed by atoms with van der Waals surface area (Å²) in [5.41, 5.74) is 1.55. The molecule has 0 saturated carbocycles. The molecule has 0 atom stereocenters. The van der Waals surface area contributed by atoms with Gasteiger partial charge in [-0.05, 0) is 60.9 Å². The third kappa shape index (κ3) is 6.15. The molecule has 3 aromatic carbocycles. The van der Waals surface area contributed by atoms with Crippen LogP contribution in [0.3, 0.4) is 0 Å². The normalized spacial score (nSPS) is 14.0. The van der Waals surface area contributed by atoms with Crippen LogP contribution in [0.4, 0.5) is 0 Å². The summed E-state index contributed by atoms with van der Waals surface area (Å²) in [6, 6.07) is 23.2. The number of hydrogen-bond donors (Lipinski definition) is 1. The SMILES string of the molecule is O=C(NCCOc1ccc(S(=O)(=O)N2CCCC2)cc1)c1cccc(OCc2ccccc2)c1. The van der Waals surface area contributed by atoms with Crippen LogP contribution in [0.25, 0.3) is 0 Å². The van der Waals surface area contributed by atoms with E-state index in [9.17, 15) is 13.2 Å². The molecule has 0 aliphatic carbocycles. The van der Waals surface area contributed by atoms with Gasteiger partial charge in [0.1, 0.15) is 24.7 Å². The zero-order valence-electron chi connectivity index (χ0n) is 18.9. The van der Waals surface area contributed by atoms with Crippen LogP contribution in [-0.2, 0) is 16.6 Å². The zero-order chi connectivity index (χ0) is 23.8. The lowest BCUT2D eigenvalue weighted by atomic mass is 10.2. The fourth-order valence-electron chi connectivity index (χ4n) is 3.69. The third-order valence-electron chi connectivity index (χ3n) is 5.53. The third-order valence-corrected chi connectivity index (χ3v) is 7.44. The Balaban J connectivity index is 1.23. The van der Waals surface area contributed by atoms with E-state index in [2.05, 4.69) is 5.32 Å². The Hall–Kier alpha value is -3.36. The smallest absolute Gasteiger partial charge is 0.251 e. The maximum Gasteiger partial charge on any atom is 0.251 e. The molecule has 8 heteroatoms. The first-order valence-electron chi connectivity index (χ1n) is 11.3. The topological polar surface area (TPSA) is 84.9 Å². The summed E-state index contributed by atoms with van der Waals surface area (Å²) >= 11 is 0. The van der Waals surface area contributed by atoms with Crippen molar-refractivity contribution in [3.8, 4) is 11.5 Å². The zero-order valence-corrected chi connectivity index (χ0v) is 19.7. The number of nitrogens with zero attached hydrogens (tertiary/aromatic N) is 1. The molecule has 1 amide bonds. The van der Waals surface area contributed by atoms with Crippen LogP contribution in [0, 0.1) is 0 Å². The van der Waals surface area contributed by atoms with E-state index in [0.717, 1.165) is 18.4 Å². The van der Waals surface area contributed by atoms with Gasteiger partial charge in [-0.1, -0.05) is 36.4 Å². The van der Waals surface area contributed by atoms with E-state index in [1.807, 2.05) is 36.4 Å². The molecule has 0 radical (unpaired) electrons. The monoisotopic (exact) mass is 480 g/mol. The Morgan fingerprint density at radius 3 is 2.32 bits per heavy atom. The van der Waals surface area contributed by atoms with Crippen LogP contribution in [0.15, 0.2) is 83.8 Å². The number of ether oxygens (including phenoxy) is 2. The number of benzene rings is 3. The van der Waals surface area contributed by atoms with Gasteiger partial charge >= 0.3 is 0 Å². The maximum atomic E-state index is 12.6. The Morgan fingerprint density at radius 2 is 1.59 bits per heavy atom. The molecule has 34 heavy (non-hydrogen) atoms. The van der Waals surface area contributed by atoms with Crippen molar-refractivity contribution in [2.24, 2.45) is 0 Å². The molecule has 1 N–H and O–H groups in total. The Morgan fingerprint density at radius 1 is 0.853 bits per heavy atom. The van der Waals surface area contributed by atoms with E-state index < -0.39 is 10.0 Å². The molecule has 4 rings (SSSR count). The average Bonchev–Trinajstić information content (AvgIpc) is 3.43. The van der Waals surface area contributed by atoms with Crippen molar-refractivity contribution in [3.63, 3.8) is 0 Å². The number of carbonyl (C=O) groups is 1. The van der Waals surface area contributed by atoms with Crippen molar-refractivity contribution in [3.05, 3.63) is 90.0 Å². The quantitative estimate of drug-likeness (QED) is 0.446. The fourth-order valence-corrected chi connectivity index (χ4v) is 5.21.